The van der Waals surface area contributed by atoms with Crippen molar-refractivity contribution in [1.82, 2.24) is 9.78 Å². The summed E-state index contributed by atoms with van der Waals surface area (Å²) in [6, 6.07) is 10.9. The molecule has 1 aromatic carbocycles. The molecule has 18 heavy (non-hydrogen) atoms. The second kappa shape index (κ2) is 4.65. The van der Waals surface area contributed by atoms with Crippen LogP contribution in [-0.2, 0) is 0 Å². The van der Waals surface area contributed by atoms with Crippen LogP contribution in [0.25, 0.3) is 11.3 Å². The van der Waals surface area contributed by atoms with Crippen molar-refractivity contribution >= 4 is 0 Å². The molecule has 0 bridgehead atoms. The Labute approximate surface area is 107 Å². The summed E-state index contributed by atoms with van der Waals surface area (Å²) in [6.45, 7) is 2.10. The molecule has 0 spiro atoms. The third-order valence-corrected chi connectivity index (χ3v) is 3.25. The summed E-state index contributed by atoms with van der Waals surface area (Å²) in [4.78, 5) is 0. The van der Waals surface area contributed by atoms with Crippen LogP contribution in [0.2, 0.25) is 0 Å². The lowest BCUT2D eigenvalue weighted by Gasteiger charge is -2.13. The summed E-state index contributed by atoms with van der Waals surface area (Å²) < 4.78 is 2.04. The molecule has 0 saturated heterocycles. The van der Waals surface area contributed by atoms with Crippen molar-refractivity contribution in [2.75, 3.05) is 0 Å². The maximum absolute atomic E-state index is 4.67. The molecule has 2 aromatic rings. The summed E-state index contributed by atoms with van der Waals surface area (Å²) >= 11 is 0. The summed E-state index contributed by atoms with van der Waals surface area (Å²) in [6.07, 6.45) is 11.6. The molecule has 0 radical (unpaired) electrons. The van der Waals surface area contributed by atoms with Gasteiger partial charge in [0.25, 0.3) is 0 Å². The van der Waals surface area contributed by atoms with Gasteiger partial charge < -0.3 is 0 Å². The summed E-state index contributed by atoms with van der Waals surface area (Å²) in [7, 11) is 0. The Morgan fingerprint density at radius 3 is 2.67 bits per heavy atom. The van der Waals surface area contributed by atoms with Crippen LogP contribution in [0.15, 0.2) is 60.8 Å². The predicted molar refractivity (Wildman–Crippen MR) is 74.3 cm³/mol. The van der Waals surface area contributed by atoms with Crippen LogP contribution >= 0.6 is 0 Å². The zero-order chi connectivity index (χ0) is 12.4. The molecule has 0 fully saturated rings. The van der Waals surface area contributed by atoms with E-state index in [0.717, 1.165) is 12.1 Å². The molecule has 0 amide bonds. The van der Waals surface area contributed by atoms with E-state index < -0.39 is 0 Å². The number of rotatable bonds is 2. The van der Waals surface area contributed by atoms with E-state index in [1.54, 1.807) is 0 Å². The van der Waals surface area contributed by atoms with E-state index >= 15 is 0 Å². The zero-order valence-corrected chi connectivity index (χ0v) is 10.5. The van der Waals surface area contributed by atoms with Gasteiger partial charge in [-0.05, 0) is 19.4 Å². The second-order valence-electron chi connectivity index (χ2n) is 4.66. The van der Waals surface area contributed by atoms with Crippen molar-refractivity contribution in [1.29, 1.82) is 0 Å². The highest BCUT2D eigenvalue weighted by Crippen LogP contribution is 2.22. The molecule has 1 heterocycles. The Kier molecular flexibility index (Phi) is 2.85. The van der Waals surface area contributed by atoms with Crippen molar-refractivity contribution in [2.24, 2.45) is 0 Å². The summed E-state index contributed by atoms with van der Waals surface area (Å²) in [5, 5.41) is 4.67. The molecule has 1 unspecified atom stereocenters. The van der Waals surface area contributed by atoms with Gasteiger partial charge in [0.2, 0.25) is 0 Å². The lowest BCUT2D eigenvalue weighted by atomic mass is 10.1. The molecular formula is C16H16N2. The number of hydrogen-bond donors (Lipinski definition) is 0. The lowest BCUT2D eigenvalue weighted by Crippen LogP contribution is -2.07. The highest BCUT2D eigenvalue weighted by atomic mass is 15.3. The SMILES string of the molecule is Cc1ccc(-c2ccn(C3C=CC=CC3)n2)cc1. The monoisotopic (exact) mass is 236 g/mol. The molecule has 0 saturated carbocycles. The Morgan fingerprint density at radius 1 is 1.11 bits per heavy atom. The van der Waals surface area contributed by atoms with E-state index in [0.29, 0.717) is 6.04 Å². The van der Waals surface area contributed by atoms with E-state index in [1.807, 2.05) is 4.68 Å². The minimum atomic E-state index is 0.356. The Bertz CT molecular complexity index is 588. The van der Waals surface area contributed by atoms with Gasteiger partial charge in [0.15, 0.2) is 0 Å². The van der Waals surface area contributed by atoms with Gasteiger partial charge in [0.05, 0.1) is 11.7 Å². The Morgan fingerprint density at radius 2 is 1.94 bits per heavy atom. The molecule has 2 heteroatoms. The van der Waals surface area contributed by atoms with E-state index in [1.165, 1.54) is 11.1 Å². The van der Waals surface area contributed by atoms with Crippen molar-refractivity contribution in [3.05, 3.63) is 66.4 Å². The van der Waals surface area contributed by atoms with E-state index in [2.05, 4.69) is 72.9 Å². The first-order chi connectivity index (χ1) is 8.83. The summed E-state index contributed by atoms with van der Waals surface area (Å²) in [5.74, 6) is 0. The number of hydrogen-bond acceptors (Lipinski definition) is 1. The van der Waals surface area contributed by atoms with Crippen LogP contribution in [-0.4, -0.2) is 9.78 Å². The molecule has 90 valence electrons. The molecule has 2 nitrogen and oxygen atoms in total. The fraction of sp³-hybridized carbons (Fsp3) is 0.188. The van der Waals surface area contributed by atoms with Crippen LogP contribution in [0.5, 0.6) is 0 Å². The number of benzene rings is 1. The quantitative estimate of drug-likeness (QED) is 0.772. The van der Waals surface area contributed by atoms with Crippen LogP contribution in [0.3, 0.4) is 0 Å². The zero-order valence-electron chi connectivity index (χ0n) is 10.5. The topological polar surface area (TPSA) is 17.8 Å². The van der Waals surface area contributed by atoms with Gasteiger partial charge >= 0.3 is 0 Å². The summed E-state index contributed by atoms with van der Waals surface area (Å²) in [5.41, 5.74) is 3.49. The van der Waals surface area contributed by atoms with Gasteiger partial charge in [-0.15, -0.1) is 0 Å². The average molecular weight is 236 g/mol. The van der Waals surface area contributed by atoms with Crippen molar-refractivity contribution in [2.45, 2.75) is 19.4 Å². The smallest absolute Gasteiger partial charge is 0.0923 e. The molecule has 1 aromatic heterocycles. The van der Waals surface area contributed by atoms with Crippen molar-refractivity contribution in [3.63, 3.8) is 0 Å². The number of aryl methyl sites for hydroxylation is 1. The molecule has 1 aliphatic rings. The fourth-order valence-electron chi connectivity index (χ4n) is 2.16. The van der Waals surface area contributed by atoms with Crippen molar-refractivity contribution in [3.8, 4) is 11.3 Å². The van der Waals surface area contributed by atoms with Gasteiger partial charge in [-0.25, -0.2) is 0 Å². The first kappa shape index (κ1) is 11.0. The number of aromatic nitrogens is 2. The van der Waals surface area contributed by atoms with E-state index in [-0.39, 0.29) is 0 Å². The second-order valence-corrected chi connectivity index (χ2v) is 4.66. The lowest BCUT2D eigenvalue weighted by molar-refractivity contribution is 0.542. The van der Waals surface area contributed by atoms with Crippen LogP contribution < -0.4 is 0 Å². The first-order valence-electron chi connectivity index (χ1n) is 6.28. The molecule has 0 N–H and O–H groups in total. The van der Waals surface area contributed by atoms with Crippen molar-refractivity contribution < 1.29 is 0 Å². The minimum absolute atomic E-state index is 0.356. The Hall–Kier alpha value is -2.09. The molecular weight excluding hydrogens is 220 g/mol. The molecule has 1 atom stereocenters. The van der Waals surface area contributed by atoms with Crippen LogP contribution in [0.4, 0.5) is 0 Å². The maximum atomic E-state index is 4.67. The largest absolute Gasteiger partial charge is 0.265 e. The third kappa shape index (κ3) is 2.14. The van der Waals surface area contributed by atoms with Crippen LogP contribution in [0.1, 0.15) is 18.0 Å². The highest BCUT2D eigenvalue weighted by molar-refractivity contribution is 5.58. The standard InChI is InChI=1S/C16H16N2/c1-13-7-9-14(10-8-13)16-11-12-18(17-16)15-5-3-2-4-6-15/h2-5,7-12,15H,6H2,1H3. The van der Waals surface area contributed by atoms with Gasteiger partial charge in [-0.1, -0.05) is 54.1 Å². The van der Waals surface area contributed by atoms with Gasteiger partial charge in [-0.2, -0.15) is 5.10 Å². The highest BCUT2D eigenvalue weighted by Gasteiger charge is 2.09. The average Bonchev–Trinajstić information content (AvgIpc) is 2.90. The van der Waals surface area contributed by atoms with Crippen LogP contribution in [0, 0.1) is 6.92 Å². The van der Waals surface area contributed by atoms with Gasteiger partial charge in [0, 0.05) is 11.8 Å². The fourth-order valence-corrected chi connectivity index (χ4v) is 2.16. The Balaban J connectivity index is 1.87. The normalized spacial score (nSPS) is 18.2. The van der Waals surface area contributed by atoms with Gasteiger partial charge in [0.1, 0.15) is 0 Å². The first-order valence-corrected chi connectivity index (χ1v) is 6.28. The molecule has 0 aliphatic heterocycles. The molecule has 3 rings (SSSR count). The molecule has 1 aliphatic carbocycles. The number of allylic oxidation sites excluding steroid dienone is 4. The van der Waals surface area contributed by atoms with E-state index in [9.17, 15) is 0 Å². The maximum Gasteiger partial charge on any atom is 0.0923 e. The minimum Gasteiger partial charge on any atom is -0.265 e. The predicted octanol–water partition coefficient (Wildman–Crippen LogP) is 3.92. The number of nitrogens with zero attached hydrogens (tertiary/aromatic N) is 2. The third-order valence-electron chi connectivity index (χ3n) is 3.25. The van der Waals surface area contributed by atoms with E-state index in [4.69, 9.17) is 0 Å². The van der Waals surface area contributed by atoms with Gasteiger partial charge in [-0.3, -0.25) is 4.68 Å².